The lowest BCUT2D eigenvalue weighted by atomic mass is 9.84. The number of carbonyl (C=O) groups excluding carboxylic acids is 4. The SMILES string of the molecule is CCCC[C@@](Cc1ccccc1)(NC(=O)OCC)C(=O)N1CCC[C@H]1C(=O)N[C@H](C=O)CCCN=C(N)N. The van der Waals surface area contributed by atoms with Gasteiger partial charge in [0.1, 0.15) is 17.9 Å². The minimum atomic E-state index is -1.28. The smallest absolute Gasteiger partial charge is 0.407 e. The summed E-state index contributed by atoms with van der Waals surface area (Å²) in [7, 11) is 0. The van der Waals surface area contributed by atoms with Crippen LogP contribution in [0.15, 0.2) is 35.3 Å². The van der Waals surface area contributed by atoms with Gasteiger partial charge in [0.05, 0.1) is 12.6 Å². The number of alkyl carbamates (subject to hydrolysis) is 1. The minimum absolute atomic E-state index is 0.0321. The number of aldehydes is 1. The highest BCUT2D eigenvalue weighted by Gasteiger charge is 2.47. The van der Waals surface area contributed by atoms with Crippen molar-refractivity contribution in [2.24, 2.45) is 16.5 Å². The number of carbonyl (C=O) groups is 4. The van der Waals surface area contributed by atoms with Crippen LogP contribution < -0.4 is 22.1 Å². The monoisotopic (exact) mass is 530 g/mol. The number of guanidine groups is 1. The molecule has 1 aliphatic rings. The van der Waals surface area contributed by atoms with E-state index in [4.69, 9.17) is 16.2 Å². The number of rotatable bonds is 15. The van der Waals surface area contributed by atoms with Crippen molar-refractivity contribution in [1.82, 2.24) is 15.5 Å². The summed E-state index contributed by atoms with van der Waals surface area (Å²) in [6.07, 6.45) is 4.15. The Hall–Kier alpha value is -3.63. The van der Waals surface area contributed by atoms with Gasteiger partial charge >= 0.3 is 6.09 Å². The predicted molar refractivity (Wildman–Crippen MR) is 145 cm³/mol. The summed E-state index contributed by atoms with van der Waals surface area (Å²) in [6, 6.07) is 8.00. The molecule has 3 amide bonds. The first-order valence-electron chi connectivity index (χ1n) is 13.4. The van der Waals surface area contributed by atoms with Gasteiger partial charge in [-0.2, -0.15) is 0 Å². The van der Waals surface area contributed by atoms with Gasteiger partial charge in [-0.15, -0.1) is 0 Å². The molecule has 38 heavy (non-hydrogen) atoms. The van der Waals surface area contributed by atoms with Crippen molar-refractivity contribution in [2.45, 2.75) is 82.8 Å². The zero-order valence-electron chi connectivity index (χ0n) is 22.5. The Labute approximate surface area is 224 Å². The average molecular weight is 531 g/mol. The number of hydrogen-bond donors (Lipinski definition) is 4. The van der Waals surface area contributed by atoms with Gasteiger partial charge in [-0.1, -0.05) is 50.1 Å². The third-order valence-corrected chi connectivity index (χ3v) is 6.61. The lowest BCUT2D eigenvalue weighted by Gasteiger charge is -2.38. The summed E-state index contributed by atoms with van der Waals surface area (Å²) < 4.78 is 5.17. The number of benzene rings is 1. The molecular formula is C27H42N6O5. The maximum absolute atomic E-state index is 14.2. The summed E-state index contributed by atoms with van der Waals surface area (Å²) in [4.78, 5) is 57.2. The fourth-order valence-corrected chi connectivity index (χ4v) is 4.75. The molecule has 0 spiro atoms. The molecule has 0 unspecified atom stereocenters. The number of likely N-dealkylation sites (tertiary alicyclic amines) is 1. The number of aliphatic imine (C=N–C) groups is 1. The number of ether oxygens (including phenoxy) is 1. The molecule has 6 N–H and O–H groups in total. The van der Waals surface area contributed by atoms with E-state index in [0.717, 1.165) is 12.0 Å². The van der Waals surface area contributed by atoms with Gasteiger partial charge in [-0.3, -0.25) is 14.6 Å². The molecule has 1 aromatic carbocycles. The summed E-state index contributed by atoms with van der Waals surface area (Å²) in [5.41, 5.74) is 10.3. The highest BCUT2D eigenvalue weighted by molar-refractivity contribution is 5.95. The standard InChI is InChI=1S/C27H42N6O5/c1-3-5-15-27(32-26(37)38-4-2,18-20-11-7-6-8-12-20)24(36)33-17-10-14-22(33)23(35)31-21(19-34)13-9-16-30-25(28)29/h6-8,11-12,19,21-22H,3-5,9-10,13-18H2,1-2H3,(H,31,35)(H,32,37)(H4,28,29,30)/t21-,22-,27-/m0/s1. The fourth-order valence-electron chi connectivity index (χ4n) is 4.75. The molecular weight excluding hydrogens is 488 g/mol. The molecule has 0 radical (unpaired) electrons. The van der Waals surface area contributed by atoms with Crippen molar-refractivity contribution < 1.29 is 23.9 Å². The second-order valence-electron chi connectivity index (χ2n) is 9.55. The molecule has 1 aromatic rings. The molecule has 3 atom stereocenters. The third-order valence-electron chi connectivity index (χ3n) is 6.61. The highest BCUT2D eigenvalue weighted by Crippen LogP contribution is 2.28. The lowest BCUT2D eigenvalue weighted by molar-refractivity contribution is -0.144. The van der Waals surface area contributed by atoms with Crippen LogP contribution in [0.1, 0.15) is 64.4 Å². The van der Waals surface area contributed by atoms with Crippen molar-refractivity contribution in [3.05, 3.63) is 35.9 Å². The average Bonchev–Trinajstić information content (AvgIpc) is 3.39. The van der Waals surface area contributed by atoms with Crippen LogP contribution in [0.3, 0.4) is 0 Å². The molecule has 11 nitrogen and oxygen atoms in total. The Bertz CT molecular complexity index is 953. The zero-order valence-corrected chi connectivity index (χ0v) is 22.5. The summed E-state index contributed by atoms with van der Waals surface area (Å²) in [5.74, 6) is -0.749. The summed E-state index contributed by atoms with van der Waals surface area (Å²) in [5, 5.41) is 5.64. The zero-order chi connectivity index (χ0) is 28.0. The molecule has 11 heteroatoms. The van der Waals surface area contributed by atoms with Gasteiger partial charge in [0.2, 0.25) is 11.8 Å². The lowest BCUT2D eigenvalue weighted by Crippen LogP contribution is -2.63. The number of nitrogens with zero attached hydrogens (tertiary/aromatic N) is 2. The Morgan fingerprint density at radius 2 is 1.95 bits per heavy atom. The number of unbranched alkanes of at least 4 members (excludes halogenated alkanes) is 1. The van der Waals surface area contributed by atoms with Crippen molar-refractivity contribution in [3.8, 4) is 0 Å². The number of nitrogens with one attached hydrogen (secondary N) is 2. The van der Waals surface area contributed by atoms with E-state index in [-0.39, 0.29) is 24.9 Å². The normalized spacial score (nSPS) is 17.1. The van der Waals surface area contributed by atoms with Crippen LogP contribution in [0.2, 0.25) is 0 Å². The molecule has 1 heterocycles. The fraction of sp³-hybridized carbons (Fsp3) is 0.593. The van der Waals surface area contributed by atoms with Crippen LogP contribution in [-0.4, -0.2) is 72.4 Å². The van der Waals surface area contributed by atoms with E-state index in [1.165, 1.54) is 0 Å². The molecule has 1 aliphatic heterocycles. The number of hydrogen-bond acceptors (Lipinski definition) is 6. The van der Waals surface area contributed by atoms with Crippen LogP contribution in [0.5, 0.6) is 0 Å². The van der Waals surface area contributed by atoms with Gasteiger partial charge in [0, 0.05) is 19.5 Å². The van der Waals surface area contributed by atoms with E-state index in [2.05, 4.69) is 15.6 Å². The van der Waals surface area contributed by atoms with Gasteiger partial charge in [-0.25, -0.2) is 4.79 Å². The Morgan fingerprint density at radius 3 is 2.58 bits per heavy atom. The summed E-state index contributed by atoms with van der Waals surface area (Å²) in [6.45, 7) is 4.60. The molecule has 0 aromatic heterocycles. The first kappa shape index (κ1) is 30.6. The van der Waals surface area contributed by atoms with Gasteiger partial charge in [-0.05, 0) is 44.6 Å². The molecule has 0 bridgehead atoms. The van der Waals surface area contributed by atoms with Gasteiger partial charge in [0.15, 0.2) is 5.96 Å². The molecule has 210 valence electrons. The van der Waals surface area contributed by atoms with Crippen LogP contribution in [0, 0.1) is 0 Å². The van der Waals surface area contributed by atoms with E-state index in [9.17, 15) is 19.2 Å². The van der Waals surface area contributed by atoms with E-state index >= 15 is 0 Å². The van der Waals surface area contributed by atoms with E-state index < -0.39 is 29.6 Å². The molecule has 0 aliphatic carbocycles. The first-order chi connectivity index (χ1) is 18.3. The van der Waals surface area contributed by atoms with Crippen molar-refractivity contribution in [2.75, 3.05) is 19.7 Å². The van der Waals surface area contributed by atoms with E-state index in [1.807, 2.05) is 37.3 Å². The number of nitrogens with two attached hydrogens (primary N) is 2. The Balaban J connectivity index is 2.27. The summed E-state index contributed by atoms with van der Waals surface area (Å²) >= 11 is 0. The quantitative estimate of drug-likeness (QED) is 0.116. The van der Waals surface area contributed by atoms with Gasteiger partial charge < -0.3 is 36.5 Å². The maximum Gasteiger partial charge on any atom is 0.407 e. The molecule has 2 rings (SSSR count). The van der Waals surface area contributed by atoms with Crippen LogP contribution in [-0.2, 0) is 25.5 Å². The van der Waals surface area contributed by atoms with Crippen LogP contribution >= 0.6 is 0 Å². The van der Waals surface area contributed by atoms with E-state index in [0.29, 0.717) is 57.9 Å². The maximum atomic E-state index is 14.2. The van der Waals surface area contributed by atoms with Crippen molar-refractivity contribution in [3.63, 3.8) is 0 Å². The molecule has 1 fully saturated rings. The molecule has 1 saturated heterocycles. The topological polar surface area (TPSA) is 169 Å². The second-order valence-corrected chi connectivity index (χ2v) is 9.55. The Kier molecular flexibility index (Phi) is 12.5. The first-order valence-corrected chi connectivity index (χ1v) is 13.4. The van der Waals surface area contributed by atoms with Crippen LogP contribution in [0.4, 0.5) is 4.79 Å². The Morgan fingerprint density at radius 1 is 1.21 bits per heavy atom. The predicted octanol–water partition coefficient (Wildman–Crippen LogP) is 1.63. The highest BCUT2D eigenvalue weighted by atomic mass is 16.5. The minimum Gasteiger partial charge on any atom is -0.450 e. The van der Waals surface area contributed by atoms with Crippen molar-refractivity contribution >= 4 is 30.2 Å². The largest absolute Gasteiger partial charge is 0.450 e. The molecule has 0 saturated carbocycles. The van der Waals surface area contributed by atoms with Crippen molar-refractivity contribution in [1.29, 1.82) is 0 Å². The second kappa shape index (κ2) is 15.6. The van der Waals surface area contributed by atoms with Gasteiger partial charge in [0.25, 0.3) is 0 Å². The van der Waals surface area contributed by atoms with Crippen LogP contribution in [0.25, 0.3) is 0 Å². The van der Waals surface area contributed by atoms with E-state index in [1.54, 1.807) is 11.8 Å². The number of amides is 3. The third kappa shape index (κ3) is 9.04.